The highest BCUT2D eigenvalue weighted by atomic mass is 16.5. The number of benzene rings is 1. The fraction of sp³-hybridized carbons (Fsp3) is 0.526. The average Bonchev–Trinajstić information content (AvgIpc) is 3.23. The lowest BCUT2D eigenvalue weighted by Gasteiger charge is -2.19. The zero-order valence-corrected chi connectivity index (χ0v) is 15.5. The monoisotopic (exact) mass is 375 g/mol. The Hall–Kier alpha value is -2.77. The minimum atomic E-state index is -0.722. The third kappa shape index (κ3) is 4.32. The molecule has 2 aliphatic rings. The van der Waals surface area contributed by atoms with Gasteiger partial charge in [0, 0.05) is 13.0 Å². The van der Waals surface area contributed by atoms with Gasteiger partial charge in [0.05, 0.1) is 13.7 Å². The molecule has 8 heteroatoms. The topological polar surface area (TPSA) is 97.0 Å². The van der Waals surface area contributed by atoms with Gasteiger partial charge in [0.25, 0.3) is 5.91 Å². The number of methoxy groups -OCH3 is 1. The van der Waals surface area contributed by atoms with Crippen LogP contribution in [0.25, 0.3) is 0 Å². The molecule has 1 saturated heterocycles. The highest BCUT2D eigenvalue weighted by molar-refractivity contribution is 6.07. The summed E-state index contributed by atoms with van der Waals surface area (Å²) in [6, 6.07) is 6.78. The normalized spacial score (nSPS) is 17.9. The summed E-state index contributed by atoms with van der Waals surface area (Å²) >= 11 is 0. The van der Waals surface area contributed by atoms with E-state index in [1.54, 1.807) is 31.4 Å². The molecule has 0 aromatic heterocycles. The highest BCUT2D eigenvalue weighted by Crippen LogP contribution is 2.34. The zero-order chi connectivity index (χ0) is 19.3. The molecule has 2 fully saturated rings. The van der Waals surface area contributed by atoms with Gasteiger partial charge in [0.15, 0.2) is 0 Å². The molecule has 1 aromatic carbocycles. The van der Waals surface area contributed by atoms with Crippen LogP contribution in [0.3, 0.4) is 0 Å². The lowest BCUT2D eigenvalue weighted by atomic mass is 9.98. The molecular weight excluding hydrogens is 350 g/mol. The van der Waals surface area contributed by atoms with Gasteiger partial charge in [-0.2, -0.15) is 0 Å². The van der Waals surface area contributed by atoms with E-state index < -0.39 is 11.6 Å². The summed E-state index contributed by atoms with van der Waals surface area (Å²) in [5.41, 5.74) is -0.722. The number of hydrogen-bond donors (Lipinski definition) is 2. The second-order valence-electron chi connectivity index (χ2n) is 6.80. The van der Waals surface area contributed by atoms with Crippen molar-refractivity contribution in [2.24, 2.45) is 0 Å². The Kier molecular flexibility index (Phi) is 5.83. The van der Waals surface area contributed by atoms with Crippen LogP contribution in [-0.4, -0.2) is 55.1 Å². The van der Waals surface area contributed by atoms with Crippen LogP contribution in [0.5, 0.6) is 11.5 Å². The largest absolute Gasteiger partial charge is 0.497 e. The molecule has 1 saturated carbocycles. The molecule has 2 N–H and O–H groups in total. The van der Waals surface area contributed by atoms with Crippen molar-refractivity contribution in [2.45, 2.75) is 37.6 Å². The third-order valence-electron chi connectivity index (χ3n) is 5.02. The summed E-state index contributed by atoms with van der Waals surface area (Å²) in [4.78, 5) is 37.7. The van der Waals surface area contributed by atoms with Crippen LogP contribution in [0.1, 0.15) is 32.1 Å². The molecule has 0 radical (unpaired) electrons. The first-order valence-corrected chi connectivity index (χ1v) is 9.22. The molecule has 0 atom stereocenters. The molecule has 1 aliphatic heterocycles. The Morgan fingerprint density at radius 1 is 1.19 bits per heavy atom. The highest BCUT2D eigenvalue weighted by Gasteiger charge is 2.52. The van der Waals surface area contributed by atoms with Crippen molar-refractivity contribution in [2.75, 3.05) is 26.8 Å². The van der Waals surface area contributed by atoms with E-state index in [0.717, 1.165) is 18.6 Å². The summed E-state index contributed by atoms with van der Waals surface area (Å²) in [5, 5.41) is 5.54. The molecule has 1 heterocycles. The molecule has 8 nitrogen and oxygen atoms in total. The number of imide groups is 1. The number of urea groups is 1. The van der Waals surface area contributed by atoms with Crippen molar-refractivity contribution in [1.82, 2.24) is 15.5 Å². The van der Waals surface area contributed by atoms with E-state index in [9.17, 15) is 14.4 Å². The second kappa shape index (κ2) is 8.28. The maximum atomic E-state index is 12.5. The van der Waals surface area contributed by atoms with E-state index >= 15 is 0 Å². The van der Waals surface area contributed by atoms with Gasteiger partial charge in [0.2, 0.25) is 5.91 Å². The van der Waals surface area contributed by atoms with E-state index in [1.165, 1.54) is 4.90 Å². The molecule has 4 amide bonds. The number of nitrogens with one attached hydrogen (secondary N) is 2. The predicted molar refractivity (Wildman–Crippen MR) is 97.6 cm³/mol. The Labute approximate surface area is 158 Å². The summed E-state index contributed by atoms with van der Waals surface area (Å²) in [6.45, 7) is 0.761. The van der Waals surface area contributed by atoms with Gasteiger partial charge in [-0.25, -0.2) is 4.79 Å². The van der Waals surface area contributed by atoms with Gasteiger partial charge in [-0.15, -0.1) is 0 Å². The first kappa shape index (κ1) is 19.0. The smallest absolute Gasteiger partial charge is 0.325 e. The number of hydrogen-bond acceptors (Lipinski definition) is 5. The fourth-order valence-electron chi connectivity index (χ4n) is 3.53. The van der Waals surface area contributed by atoms with Crippen LogP contribution in [0.2, 0.25) is 0 Å². The van der Waals surface area contributed by atoms with Crippen molar-refractivity contribution < 1.29 is 23.9 Å². The first-order chi connectivity index (χ1) is 13.0. The van der Waals surface area contributed by atoms with Crippen LogP contribution in [0.15, 0.2) is 24.3 Å². The lowest BCUT2D eigenvalue weighted by molar-refractivity contribution is -0.131. The quantitative estimate of drug-likeness (QED) is 0.529. The van der Waals surface area contributed by atoms with Crippen molar-refractivity contribution in [3.8, 4) is 11.5 Å². The Morgan fingerprint density at radius 2 is 1.85 bits per heavy atom. The molecule has 27 heavy (non-hydrogen) atoms. The average molecular weight is 375 g/mol. The lowest BCUT2D eigenvalue weighted by Crippen LogP contribution is -2.44. The number of amides is 4. The van der Waals surface area contributed by atoms with Crippen molar-refractivity contribution in [3.05, 3.63) is 24.3 Å². The maximum absolute atomic E-state index is 12.5. The third-order valence-corrected chi connectivity index (χ3v) is 5.02. The molecule has 146 valence electrons. The summed E-state index contributed by atoms with van der Waals surface area (Å²) in [7, 11) is 1.60. The van der Waals surface area contributed by atoms with Crippen LogP contribution in [-0.2, 0) is 9.59 Å². The molecule has 1 aliphatic carbocycles. The SMILES string of the molecule is COc1ccc(OCCNC(=O)CCN2C(=O)NC3(CCCC3)C2=O)cc1. The summed E-state index contributed by atoms with van der Waals surface area (Å²) < 4.78 is 10.6. The van der Waals surface area contributed by atoms with Crippen molar-refractivity contribution in [3.63, 3.8) is 0 Å². The number of nitrogens with zero attached hydrogens (tertiary/aromatic N) is 1. The standard InChI is InChI=1S/C19H25N3O5/c1-26-14-4-6-15(7-5-14)27-13-11-20-16(23)8-12-22-17(24)19(21-18(22)25)9-2-3-10-19/h4-7H,2-3,8-13H2,1H3,(H,20,23)(H,21,25). The van der Waals surface area contributed by atoms with Crippen LogP contribution in [0.4, 0.5) is 4.79 Å². The van der Waals surface area contributed by atoms with Gasteiger partial charge in [-0.3, -0.25) is 14.5 Å². The Bertz CT molecular complexity index is 698. The van der Waals surface area contributed by atoms with Crippen LogP contribution >= 0.6 is 0 Å². The summed E-state index contributed by atoms with van der Waals surface area (Å²) in [5.74, 6) is 1.02. The van der Waals surface area contributed by atoms with Crippen LogP contribution in [0, 0.1) is 0 Å². The number of ether oxygens (including phenoxy) is 2. The van der Waals surface area contributed by atoms with Crippen molar-refractivity contribution >= 4 is 17.8 Å². The number of rotatable bonds is 8. The minimum Gasteiger partial charge on any atom is -0.497 e. The fourth-order valence-corrected chi connectivity index (χ4v) is 3.53. The first-order valence-electron chi connectivity index (χ1n) is 9.22. The predicted octanol–water partition coefficient (Wildman–Crippen LogP) is 1.44. The van der Waals surface area contributed by atoms with Crippen LogP contribution < -0.4 is 20.1 Å². The maximum Gasteiger partial charge on any atom is 0.325 e. The Morgan fingerprint density at radius 3 is 2.52 bits per heavy atom. The van der Waals surface area contributed by atoms with E-state index in [4.69, 9.17) is 9.47 Å². The molecule has 0 bridgehead atoms. The second-order valence-corrected chi connectivity index (χ2v) is 6.80. The van der Waals surface area contributed by atoms with Crippen molar-refractivity contribution in [1.29, 1.82) is 0 Å². The molecule has 0 unspecified atom stereocenters. The van der Waals surface area contributed by atoms with Gasteiger partial charge in [-0.1, -0.05) is 12.8 Å². The Balaban J connectivity index is 1.36. The van der Waals surface area contributed by atoms with E-state index in [1.807, 2.05) is 0 Å². The molecule has 1 spiro atoms. The van der Waals surface area contributed by atoms with Gasteiger partial charge in [-0.05, 0) is 37.1 Å². The molecule has 3 rings (SSSR count). The van der Waals surface area contributed by atoms with E-state index in [2.05, 4.69) is 10.6 Å². The zero-order valence-electron chi connectivity index (χ0n) is 15.5. The summed E-state index contributed by atoms with van der Waals surface area (Å²) in [6.07, 6.45) is 3.33. The van der Waals surface area contributed by atoms with Gasteiger partial charge < -0.3 is 20.1 Å². The van der Waals surface area contributed by atoms with E-state index in [0.29, 0.717) is 31.7 Å². The molecule has 1 aromatic rings. The van der Waals surface area contributed by atoms with Gasteiger partial charge >= 0.3 is 6.03 Å². The minimum absolute atomic E-state index is 0.0811. The molecular formula is C19H25N3O5. The number of carbonyl (C=O) groups is 3. The number of carbonyl (C=O) groups excluding carboxylic acids is 3. The van der Waals surface area contributed by atoms with Gasteiger partial charge in [0.1, 0.15) is 23.6 Å². The van der Waals surface area contributed by atoms with E-state index in [-0.39, 0.29) is 24.8 Å².